The van der Waals surface area contributed by atoms with Gasteiger partial charge in [0.1, 0.15) is 6.61 Å². The van der Waals surface area contributed by atoms with Gasteiger partial charge in [0.15, 0.2) is 0 Å². The van der Waals surface area contributed by atoms with E-state index in [0.29, 0.717) is 52.6 Å². The van der Waals surface area contributed by atoms with Gasteiger partial charge in [0.2, 0.25) is 5.91 Å². The lowest BCUT2D eigenvalue weighted by molar-refractivity contribution is -0.142. The van der Waals surface area contributed by atoms with Gasteiger partial charge in [0, 0.05) is 24.0 Å². The van der Waals surface area contributed by atoms with Crippen LogP contribution in [0.1, 0.15) is 32.1 Å². The molecule has 1 unspecified atom stereocenters. The van der Waals surface area contributed by atoms with Crippen LogP contribution in [-0.2, 0) is 28.5 Å². The molecule has 1 amide bonds. The number of nitrogens with one attached hydrogen (secondary N) is 1. The Balaban J connectivity index is 1.72. The van der Waals surface area contributed by atoms with Crippen molar-refractivity contribution in [3.63, 3.8) is 0 Å². The highest BCUT2D eigenvalue weighted by atomic mass is 33.1. The van der Waals surface area contributed by atoms with E-state index < -0.39 is 5.97 Å². The van der Waals surface area contributed by atoms with Gasteiger partial charge >= 0.3 is 5.97 Å². The highest BCUT2D eigenvalue weighted by Crippen LogP contribution is 2.39. The number of amides is 1. The first-order valence-corrected chi connectivity index (χ1v) is 12.1. The summed E-state index contributed by atoms with van der Waals surface area (Å²) in [5, 5.41) is 12.0. The number of carbonyl (C=O) groups excluding carboxylic acids is 1. The third-order valence-corrected chi connectivity index (χ3v) is 6.82. The van der Waals surface area contributed by atoms with E-state index in [0.717, 1.165) is 18.1 Å². The summed E-state index contributed by atoms with van der Waals surface area (Å²) in [5.41, 5.74) is 0. The molecule has 0 aromatic heterocycles. The maximum atomic E-state index is 11.7. The molecule has 0 bridgehead atoms. The van der Waals surface area contributed by atoms with Crippen molar-refractivity contribution in [1.82, 2.24) is 5.32 Å². The van der Waals surface area contributed by atoms with E-state index in [1.807, 2.05) is 21.6 Å². The molecule has 28 heavy (non-hydrogen) atoms. The smallest absolute Gasteiger partial charge is 0.329 e. The average molecular weight is 440 g/mol. The van der Waals surface area contributed by atoms with Crippen LogP contribution in [0.15, 0.2) is 0 Å². The first kappa shape index (κ1) is 25.5. The second kappa shape index (κ2) is 18.5. The fourth-order valence-corrected chi connectivity index (χ4v) is 5.42. The minimum Gasteiger partial charge on any atom is -0.480 e. The number of hydrogen-bond acceptors (Lipinski definition) is 8. The van der Waals surface area contributed by atoms with Crippen LogP contribution in [0, 0.1) is 0 Å². The predicted octanol–water partition coefficient (Wildman–Crippen LogP) is 1.97. The predicted molar refractivity (Wildman–Crippen MR) is 111 cm³/mol. The number of carbonyl (C=O) groups is 2. The van der Waals surface area contributed by atoms with Crippen LogP contribution in [0.5, 0.6) is 0 Å². The van der Waals surface area contributed by atoms with E-state index in [-0.39, 0.29) is 19.1 Å². The summed E-state index contributed by atoms with van der Waals surface area (Å²) < 4.78 is 20.8. The largest absolute Gasteiger partial charge is 0.480 e. The van der Waals surface area contributed by atoms with Gasteiger partial charge in [-0.05, 0) is 19.3 Å². The second-order valence-electron chi connectivity index (χ2n) is 6.21. The molecule has 1 fully saturated rings. The van der Waals surface area contributed by atoms with Crippen LogP contribution in [0.25, 0.3) is 0 Å². The quantitative estimate of drug-likeness (QED) is 0.231. The molecule has 1 aliphatic heterocycles. The number of ether oxygens (including phenoxy) is 4. The van der Waals surface area contributed by atoms with Crippen molar-refractivity contribution in [2.45, 2.75) is 37.4 Å². The summed E-state index contributed by atoms with van der Waals surface area (Å²) in [6, 6.07) is 0. The van der Waals surface area contributed by atoms with Crippen LogP contribution in [-0.4, -0.2) is 87.4 Å². The van der Waals surface area contributed by atoms with Crippen LogP contribution in [0.2, 0.25) is 0 Å². The Morgan fingerprint density at radius 3 is 2.18 bits per heavy atom. The van der Waals surface area contributed by atoms with Gasteiger partial charge in [0.25, 0.3) is 0 Å². The molecule has 0 radical (unpaired) electrons. The Morgan fingerprint density at radius 2 is 1.57 bits per heavy atom. The molecule has 10 heteroatoms. The van der Waals surface area contributed by atoms with Crippen molar-refractivity contribution in [3.8, 4) is 0 Å². The van der Waals surface area contributed by atoms with Crippen molar-refractivity contribution in [2.24, 2.45) is 0 Å². The third kappa shape index (κ3) is 16.4. The zero-order valence-electron chi connectivity index (χ0n) is 16.4. The van der Waals surface area contributed by atoms with Crippen molar-refractivity contribution < 1.29 is 33.6 Å². The number of hydrogen-bond donors (Lipinski definition) is 2. The molecule has 8 nitrogen and oxygen atoms in total. The van der Waals surface area contributed by atoms with E-state index in [1.165, 1.54) is 18.6 Å². The summed E-state index contributed by atoms with van der Waals surface area (Å²) in [6.45, 7) is 3.07. The van der Waals surface area contributed by atoms with Gasteiger partial charge in [-0.2, -0.15) is 0 Å². The van der Waals surface area contributed by atoms with E-state index in [2.05, 4.69) is 5.32 Å². The minimum absolute atomic E-state index is 0.0952. The van der Waals surface area contributed by atoms with Gasteiger partial charge in [-0.25, -0.2) is 4.79 Å². The molecule has 1 heterocycles. The van der Waals surface area contributed by atoms with Crippen molar-refractivity contribution in [2.75, 3.05) is 65.2 Å². The third-order valence-electron chi connectivity index (χ3n) is 3.82. The molecule has 164 valence electrons. The van der Waals surface area contributed by atoms with Crippen molar-refractivity contribution >= 4 is 33.5 Å². The molecule has 1 atom stereocenters. The minimum atomic E-state index is -0.990. The Kier molecular flexibility index (Phi) is 16.9. The van der Waals surface area contributed by atoms with Gasteiger partial charge in [-0.3, -0.25) is 4.79 Å². The number of aliphatic carboxylic acids is 1. The van der Waals surface area contributed by atoms with Crippen molar-refractivity contribution in [1.29, 1.82) is 0 Å². The summed E-state index contributed by atoms with van der Waals surface area (Å²) in [4.78, 5) is 21.9. The lowest BCUT2D eigenvalue weighted by atomic mass is 10.1. The topological polar surface area (TPSA) is 103 Å². The summed E-state index contributed by atoms with van der Waals surface area (Å²) in [6.07, 6.45) is 5.19. The van der Waals surface area contributed by atoms with E-state index in [1.54, 1.807) is 0 Å². The van der Waals surface area contributed by atoms with Crippen LogP contribution in [0.4, 0.5) is 0 Å². The summed E-state index contributed by atoms with van der Waals surface area (Å²) >= 11 is 0. The maximum absolute atomic E-state index is 11.7. The lowest BCUT2D eigenvalue weighted by Gasteiger charge is -2.09. The Bertz CT molecular complexity index is 409. The molecule has 1 saturated heterocycles. The number of carboxylic acids is 1. The zero-order chi connectivity index (χ0) is 20.3. The van der Waals surface area contributed by atoms with Crippen LogP contribution < -0.4 is 5.32 Å². The van der Waals surface area contributed by atoms with Gasteiger partial charge in [-0.1, -0.05) is 28.0 Å². The monoisotopic (exact) mass is 439 g/mol. The number of carboxylic acid groups (broad SMARTS) is 1. The molecule has 0 saturated carbocycles. The molecule has 1 rings (SSSR count). The SMILES string of the molecule is O=C(O)COCCOCCOCCOCCNC(=O)CCCCC1CCSS1. The van der Waals surface area contributed by atoms with Gasteiger partial charge < -0.3 is 29.4 Å². The second-order valence-corrected chi connectivity index (χ2v) is 9.00. The fourth-order valence-electron chi connectivity index (χ4n) is 2.39. The molecule has 0 spiro atoms. The normalized spacial score (nSPS) is 16.4. The van der Waals surface area contributed by atoms with Crippen LogP contribution in [0.3, 0.4) is 0 Å². The lowest BCUT2D eigenvalue weighted by Crippen LogP contribution is -2.27. The molecule has 0 aliphatic carbocycles. The van der Waals surface area contributed by atoms with Crippen LogP contribution >= 0.6 is 21.6 Å². The first-order chi connectivity index (χ1) is 13.7. The zero-order valence-corrected chi connectivity index (χ0v) is 18.0. The van der Waals surface area contributed by atoms with E-state index >= 15 is 0 Å². The van der Waals surface area contributed by atoms with E-state index in [9.17, 15) is 9.59 Å². The summed E-state index contributed by atoms with van der Waals surface area (Å²) in [5.74, 6) is 0.370. The molecule has 1 aliphatic rings. The Labute approximate surface area is 175 Å². The Hall–Kier alpha value is -0.520. The fraction of sp³-hybridized carbons (Fsp3) is 0.889. The molecular weight excluding hydrogens is 406 g/mol. The van der Waals surface area contributed by atoms with Crippen molar-refractivity contribution in [3.05, 3.63) is 0 Å². The molecule has 2 N–H and O–H groups in total. The standard InChI is InChI=1S/C18H33NO7S2/c20-17(4-2-1-3-16-5-14-27-28-16)19-6-7-23-8-9-24-10-11-25-12-13-26-15-18(21)22/h16H,1-15H2,(H,19,20)(H,21,22). The first-order valence-electron chi connectivity index (χ1n) is 9.76. The summed E-state index contributed by atoms with van der Waals surface area (Å²) in [7, 11) is 3.95. The van der Waals surface area contributed by atoms with E-state index in [4.69, 9.17) is 24.1 Å². The Morgan fingerprint density at radius 1 is 0.929 bits per heavy atom. The highest BCUT2D eigenvalue weighted by Gasteiger charge is 2.15. The highest BCUT2D eigenvalue weighted by molar-refractivity contribution is 8.77. The maximum Gasteiger partial charge on any atom is 0.329 e. The van der Waals surface area contributed by atoms with Gasteiger partial charge in [0.05, 0.1) is 46.2 Å². The molecule has 0 aromatic carbocycles. The molecule has 0 aromatic rings. The number of unbranched alkanes of at least 4 members (excludes halogenated alkanes) is 1. The molecular formula is C18H33NO7S2. The number of rotatable bonds is 19. The van der Waals surface area contributed by atoms with Gasteiger partial charge in [-0.15, -0.1) is 0 Å². The average Bonchev–Trinajstić information content (AvgIpc) is 3.19.